The zero-order valence-electron chi connectivity index (χ0n) is 8.28. The Morgan fingerprint density at radius 1 is 1.29 bits per heavy atom. The maximum Gasteiger partial charge on any atom is 0.244 e. The van der Waals surface area contributed by atoms with Crippen LogP contribution in [0.25, 0.3) is 0 Å². The Labute approximate surface area is 89.4 Å². The van der Waals surface area contributed by atoms with E-state index in [2.05, 4.69) is 0 Å². The van der Waals surface area contributed by atoms with Gasteiger partial charge < -0.3 is 0 Å². The lowest BCUT2D eigenvalue weighted by Crippen LogP contribution is -2.23. The van der Waals surface area contributed by atoms with E-state index in [0.29, 0.717) is 5.56 Å². The average Bonchev–Trinajstić information content (AvgIpc) is 2.02. The molecule has 0 fully saturated rings. The molecule has 0 aliphatic rings. The van der Waals surface area contributed by atoms with Crippen LogP contribution in [0.5, 0.6) is 0 Å². The van der Waals surface area contributed by atoms with Crippen molar-refractivity contribution in [1.82, 2.24) is 4.31 Å². The van der Waals surface area contributed by atoms with Gasteiger partial charge in [0, 0.05) is 14.1 Å². The molecule has 0 heterocycles. The minimum absolute atomic E-state index is 0.187. The number of hydrogen-bond donors (Lipinski definition) is 0. The van der Waals surface area contributed by atoms with Gasteiger partial charge in [-0.1, -0.05) is 23.7 Å². The lowest BCUT2D eigenvalue weighted by Gasteiger charge is -2.14. The van der Waals surface area contributed by atoms with Crippen molar-refractivity contribution in [2.24, 2.45) is 0 Å². The summed E-state index contributed by atoms with van der Waals surface area (Å²) in [5.74, 6) is 0. The molecule has 0 aliphatic heterocycles. The molecule has 0 unspecified atom stereocenters. The minimum Gasteiger partial charge on any atom is -0.207 e. The van der Waals surface area contributed by atoms with Gasteiger partial charge in [-0.25, -0.2) is 12.7 Å². The molecule has 0 radical (unpaired) electrons. The molecule has 0 aliphatic carbocycles. The summed E-state index contributed by atoms with van der Waals surface area (Å²) >= 11 is 5.85. The highest BCUT2D eigenvalue weighted by molar-refractivity contribution is 7.89. The first-order chi connectivity index (χ1) is 6.37. The lowest BCUT2D eigenvalue weighted by molar-refractivity contribution is 0.520. The van der Waals surface area contributed by atoms with Crippen LogP contribution in [0.15, 0.2) is 23.1 Å². The fourth-order valence-corrected chi connectivity index (χ4v) is 2.79. The molecule has 0 bridgehead atoms. The Hall–Kier alpha value is -0.580. The molecular weight excluding hydrogens is 222 g/mol. The van der Waals surface area contributed by atoms with Crippen molar-refractivity contribution in [3.63, 3.8) is 0 Å². The smallest absolute Gasteiger partial charge is 0.207 e. The van der Waals surface area contributed by atoms with Crippen LogP contribution < -0.4 is 0 Å². The van der Waals surface area contributed by atoms with Gasteiger partial charge in [0.25, 0.3) is 0 Å². The number of hydrogen-bond acceptors (Lipinski definition) is 2. The van der Waals surface area contributed by atoms with Crippen molar-refractivity contribution in [2.45, 2.75) is 11.8 Å². The third-order valence-corrected chi connectivity index (χ3v) is 4.35. The van der Waals surface area contributed by atoms with Crippen LogP contribution in [0.3, 0.4) is 0 Å². The molecule has 0 aromatic heterocycles. The van der Waals surface area contributed by atoms with Gasteiger partial charge in [0.05, 0.1) is 5.02 Å². The zero-order valence-corrected chi connectivity index (χ0v) is 9.85. The summed E-state index contributed by atoms with van der Waals surface area (Å²) in [4.78, 5) is 0.187. The third-order valence-electron chi connectivity index (χ3n) is 1.90. The Balaban J connectivity index is 3.48. The van der Waals surface area contributed by atoms with Crippen molar-refractivity contribution in [1.29, 1.82) is 0 Å². The monoisotopic (exact) mass is 233 g/mol. The number of rotatable bonds is 2. The number of sulfonamides is 1. The topological polar surface area (TPSA) is 37.4 Å². The predicted octanol–water partition coefficient (Wildman–Crippen LogP) is 1.90. The molecule has 14 heavy (non-hydrogen) atoms. The van der Waals surface area contributed by atoms with Gasteiger partial charge in [0.1, 0.15) is 4.90 Å². The summed E-state index contributed by atoms with van der Waals surface area (Å²) in [5.41, 5.74) is 0.659. The molecule has 1 rings (SSSR count). The minimum atomic E-state index is -3.44. The lowest BCUT2D eigenvalue weighted by atomic mass is 10.2. The molecule has 0 spiro atoms. The maximum absolute atomic E-state index is 11.8. The summed E-state index contributed by atoms with van der Waals surface area (Å²) in [6.07, 6.45) is 0. The third kappa shape index (κ3) is 1.92. The summed E-state index contributed by atoms with van der Waals surface area (Å²) in [6, 6.07) is 5.03. The largest absolute Gasteiger partial charge is 0.244 e. The van der Waals surface area contributed by atoms with Gasteiger partial charge in [-0.15, -0.1) is 0 Å². The summed E-state index contributed by atoms with van der Waals surface area (Å²) in [5, 5.41) is 0.263. The second-order valence-electron chi connectivity index (χ2n) is 3.17. The van der Waals surface area contributed by atoms with Crippen molar-refractivity contribution in [2.75, 3.05) is 14.1 Å². The van der Waals surface area contributed by atoms with Crippen molar-refractivity contribution < 1.29 is 8.42 Å². The van der Waals surface area contributed by atoms with Crippen LogP contribution >= 0.6 is 11.6 Å². The van der Waals surface area contributed by atoms with E-state index in [9.17, 15) is 8.42 Å². The number of benzene rings is 1. The van der Waals surface area contributed by atoms with Crippen molar-refractivity contribution >= 4 is 21.6 Å². The molecule has 1 aromatic rings. The van der Waals surface area contributed by atoms with E-state index < -0.39 is 10.0 Å². The van der Waals surface area contributed by atoms with E-state index in [1.165, 1.54) is 14.1 Å². The standard InChI is InChI=1S/C9H12ClNO2S/c1-7-5-4-6-8(10)9(7)14(12,13)11(2)3/h4-6H,1-3H3. The van der Waals surface area contributed by atoms with E-state index in [0.717, 1.165) is 4.31 Å². The SMILES string of the molecule is Cc1cccc(Cl)c1S(=O)(=O)N(C)C. The Morgan fingerprint density at radius 3 is 2.29 bits per heavy atom. The van der Waals surface area contributed by atoms with Gasteiger partial charge in [-0.3, -0.25) is 0 Å². The van der Waals surface area contributed by atoms with Gasteiger partial charge in [0.15, 0.2) is 0 Å². The van der Waals surface area contributed by atoms with Crippen LogP contribution in [0.2, 0.25) is 5.02 Å². The molecule has 3 nitrogen and oxygen atoms in total. The summed E-state index contributed by atoms with van der Waals surface area (Å²) in [6.45, 7) is 1.72. The molecule has 78 valence electrons. The molecule has 0 saturated heterocycles. The van der Waals surface area contributed by atoms with Gasteiger partial charge in [0.2, 0.25) is 10.0 Å². The average molecular weight is 234 g/mol. The molecular formula is C9H12ClNO2S. The Bertz CT molecular complexity index is 420. The second-order valence-corrected chi connectivity index (χ2v) is 5.67. The van der Waals surface area contributed by atoms with Crippen LogP contribution in [-0.4, -0.2) is 26.8 Å². The van der Waals surface area contributed by atoms with E-state index in [4.69, 9.17) is 11.6 Å². The first kappa shape index (κ1) is 11.5. The van der Waals surface area contributed by atoms with Crippen LogP contribution in [0.4, 0.5) is 0 Å². The highest BCUT2D eigenvalue weighted by Gasteiger charge is 2.22. The van der Waals surface area contributed by atoms with E-state index in [1.807, 2.05) is 0 Å². The Morgan fingerprint density at radius 2 is 1.86 bits per heavy atom. The van der Waals surface area contributed by atoms with Crippen molar-refractivity contribution in [3.05, 3.63) is 28.8 Å². The predicted molar refractivity (Wildman–Crippen MR) is 57.1 cm³/mol. The zero-order chi connectivity index (χ0) is 10.9. The fraction of sp³-hybridized carbons (Fsp3) is 0.333. The number of halogens is 1. The second kappa shape index (κ2) is 3.88. The Kier molecular flexibility index (Phi) is 3.19. The van der Waals surface area contributed by atoms with Crippen LogP contribution in [-0.2, 0) is 10.0 Å². The van der Waals surface area contributed by atoms with Crippen LogP contribution in [0, 0.1) is 6.92 Å². The molecule has 0 saturated carbocycles. The van der Waals surface area contributed by atoms with Crippen molar-refractivity contribution in [3.8, 4) is 0 Å². The number of nitrogens with zero attached hydrogens (tertiary/aromatic N) is 1. The first-order valence-electron chi connectivity index (χ1n) is 4.05. The highest BCUT2D eigenvalue weighted by Crippen LogP contribution is 2.26. The molecule has 0 amide bonds. The van der Waals surface area contributed by atoms with E-state index >= 15 is 0 Å². The van der Waals surface area contributed by atoms with Gasteiger partial charge in [-0.05, 0) is 18.6 Å². The molecule has 0 atom stereocenters. The summed E-state index contributed by atoms with van der Waals surface area (Å²) in [7, 11) is -0.468. The normalized spacial score (nSPS) is 12.1. The summed E-state index contributed by atoms with van der Waals surface area (Å²) < 4.78 is 24.8. The van der Waals surface area contributed by atoms with E-state index in [1.54, 1.807) is 25.1 Å². The van der Waals surface area contributed by atoms with Gasteiger partial charge >= 0.3 is 0 Å². The number of aryl methyl sites for hydroxylation is 1. The molecule has 1 aromatic carbocycles. The quantitative estimate of drug-likeness (QED) is 0.783. The van der Waals surface area contributed by atoms with E-state index in [-0.39, 0.29) is 9.92 Å². The highest BCUT2D eigenvalue weighted by atomic mass is 35.5. The fourth-order valence-electron chi connectivity index (χ4n) is 1.13. The maximum atomic E-state index is 11.8. The van der Waals surface area contributed by atoms with Gasteiger partial charge in [-0.2, -0.15) is 0 Å². The molecule has 0 N–H and O–H groups in total. The molecule has 5 heteroatoms. The first-order valence-corrected chi connectivity index (χ1v) is 5.87. The van der Waals surface area contributed by atoms with Crippen LogP contribution in [0.1, 0.15) is 5.56 Å².